The summed E-state index contributed by atoms with van der Waals surface area (Å²) in [7, 11) is 0. The molecule has 0 unspecified atom stereocenters. The lowest BCUT2D eigenvalue weighted by Gasteiger charge is -2.02. The number of halogens is 2. The Morgan fingerprint density at radius 2 is 1.88 bits per heavy atom. The van der Waals surface area contributed by atoms with Crippen molar-refractivity contribution in [3.05, 3.63) is 85.3 Å². The summed E-state index contributed by atoms with van der Waals surface area (Å²) < 4.78 is 0. The minimum atomic E-state index is 0.591. The molecule has 1 heterocycles. The predicted molar refractivity (Wildman–Crippen MR) is 108 cm³/mol. The third-order valence-corrected chi connectivity index (χ3v) is 6.21. The molecule has 24 heavy (non-hydrogen) atoms. The van der Waals surface area contributed by atoms with Gasteiger partial charge in [0.15, 0.2) is 0 Å². The van der Waals surface area contributed by atoms with Crippen molar-refractivity contribution in [2.24, 2.45) is 0 Å². The van der Waals surface area contributed by atoms with Crippen LogP contribution in [0.2, 0.25) is 10.0 Å². The minimum absolute atomic E-state index is 0.591. The lowest BCUT2D eigenvalue weighted by molar-refractivity contribution is 1.09. The van der Waals surface area contributed by atoms with Crippen molar-refractivity contribution < 1.29 is 0 Å². The minimum Gasteiger partial charge on any atom is -0.245 e. The summed E-state index contributed by atoms with van der Waals surface area (Å²) in [5.41, 5.74) is 4.96. The summed E-state index contributed by atoms with van der Waals surface area (Å²) in [6.45, 7) is 2.13. The second kappa shape index (κ2) is 8.39. The molecule has 0 fully saturated rings. The van der Waals surface area contributed by atoms with E-state index in [2.05, 4.69) is 36.6 Å². The molecular formula is C19H17Cl2NS2. The molecule has 0 aliphatic rings. The first-order valence-electron chi connectivity index (χ1n) is 7.60. The van der Waals surface area contributed by atoms with E-state index in [1.165, 1.54) is 11.1 Å². The molecule has 0 saturated carbocycles. The zero-order chi connectivity index (χ0) is 16.9. The number of benzene rings is 2. The van der Waals surface area contributed by atoms with Crippen LogP contribution in [0.4, 0.5) is 0 Å². The second-order valence-corrected chi connectivity index (χ2v) is 8.38. The molecule has 0 spiro atoms. The van der Waals surface area contributed by atoms with Crippen molar-refractivity contribution in [2.45, 2.75) is 24.9 Å². The van der Waals surface area contributed by atoms with Gasteiger partial charge in [0.1, 0.15) is 0 Å². The standard InChI is InChI=1S/C19H17Cl2NS2/c1-13-3-2-4-15(7-13)10-23-11-16-12-24-19(22-16)9-14-5-6-17(20)18(21)8-14/h2-8,12H,9-11H2,1H3. The molecule has 0 bridgehead atoms. The van der Waals surface area contributed by atoms with Crippen LogP contribution >= 0.6 is 46.3 Å². The molecule has 5 heteroatoms. The van der Waals surface area contributed by atoms with Gasteiger partial charge < -0.3 is 0 Å². The van der Waals surface area contributed by atoms with Crippen molar-refractivity contribution >= 4 is 46.3 Å². The first-order valence-corrected chi connectivity index (χ1v) is 10.4. The molecule has 1 aromatic heterocycles. The van der Waals surface area contributed by atoms with E-state index in [9.17, 15) is 0 Å². The molecule has 124 valence electrons. The van der Waals surface area contributed by atoms with E-state index in [1.807, 2.05) is 30.0 Å². The van der Waals surface area contributed by atoms with Gasteiger partial charge in [-0.05, 0) is 30.2 Å². The smallest absolute Gasteiger partial charge is 0.0972 e. The number of hydrogen-bond acceptors (Lipinski definition) is 3. The average Bonchev–Trinajstić information content (AvgIpc) is 2.98. The van der Waals surface area contributed by atoms with E-state index in [0.29, 0.717) is 10.0 Å². The van der Waals surface area contributed by atoms with Gasteiger partial charge in [0.2, 0.25) is 0 Å². The van der Waals surface area contributed by atoms with Gasteiger partial charge in [-0.3, -0.25) is 0 Å². The van der Waals surface area contributed by atoms with Crippen LogP contribution < -0.4 is 0 Å². The molecule has 0 saturated heterocycles. The normalized spacial score (nSPS) is 11.0. The second-order valence-electron chi connectivity index (χ2n) is 5.64. The summed E-state index contributed by atoms with van der Waals surface area (Å²) >= 11 is 15.6. The number of thioether (sulfide) groups is 1. The fourth-order valence-corrected chi connectivity index (χ4v) is 4.52. The Kier molecular flexibility index (Phi) is 6.23. The van der Waals surface area contributed by atoms with Crippen molar-refractivity contribution in [1.29, 1.82) is 0 Å². The van der Waals surface area contributed by atoms with Crippen LogP contribution in [0.3, 0.4) is 0 Å². The lowest BCUT2D eigenvalue weighted by Crippen LogP contribution is -1.89. The van der Waals surface area contributed by atoms with E-state index < -0.39 is 0 Å². The van der Waals surface area contributed by atoms with Crippen molar-refractivity contribution in [3.63, 3.8) is 0 Å². The number of hydrogen-bond donors (Lipinski definition) is 0. The van der Waals surface area contributed by atoms with Gasteiger partial charge in [-0.1, -0.05) is 59.1 Å². The Morgan fingerprint density at radius 3 is 2.67 bits per heavy atom. The molecule has 3 rings (SSSR count). The van der Waals surface area contributed by atoms with Gasteiger partial charge in [0.05, 0.1) is 20.7 Å². The van der Waals surface area contributed by atoms with Crippen LogP contribution in [0.5, 0.6) is 0 Å². The molecule has 0 N–H and O–H groups in total. The number of aryl methyl sites for hydroxylation is 1. The third kappa shape index (κ3) is 5.00. The van der Waals surface area contributed by atoms with Gasteiger partial charge in [-0.2, -0.15) is 11.8 Å². The van der Waals surface area contributed by atoms with Crippen molar-refractivity contribution in [1.82, 2.24) is 4.98 Å². The molecule has 3 aromatic rings. The van der Waals surface area contributed by atoms with Crippen LogP contribution in [0, 0.1) is 6.92 Å². The third-order valence-electron chi connectivity index (χ3n) is 3.54. The van der Waals surface area contributed by atoms with Crippen LogP contribution in [0.25, 0.3) is 0 Å². The van der Waals surface area contributed by atoms with Crippen molar-refractivity contribution in [3.8, 4) is 0 Å². The highest BCUT2D eigenvalue weighted by Gasteiger charge is 2.06. The van der Waals surface area contributed by atoms with Gasteiger partial charge in [-0.25, -0.2) is 4.98 Å². The monoisotopic (exact) mass is 393 g/mol. The van der Waals surface area contributed by atoms with Crippen LogP contribution in [0.15, 0.2) is 47.8 Å². The van der Waals surface area contributed by atoms with Crippen LogP contribution in [-0.4, -0.2) is 4.98 Å². The Balaban J connectivity index is 1.54. The zero-order valence-corrected chi connectivity index (χ0v) is 16.4. The number of thiazole rings is 1. The summed E-state index contributed by atoms with van der Waals surface area (Å²) in [5, 5.41) is 4.45. The molecular weight excluding hydrogens is 377 g/mol. The average molecular weight is 394 g/mol. The van der Waals surface area contributed by atoms with E-state index in [-0.39, 0.29) is 0 Å². The predicted octanol–water partition coefficient (Wildman–Crippen LogP) is 6.78. The quantitative estimate of drug-likeness (QED) is 0.457. The molecule has 0 radical (unpaired) electrons. The van der Waals surface area contributed by atoms with Gasteiger partial charge in [0.25, 0.3) is 0 Å². The topological polar surface area (TPSA) is 12.9 Å². The fourth-order valence-electron chi connectivity index (χ4n) is 2.40. The molecule has 0 amide bonds. The Bertz CT molecular complexity index is 830. The number of nitrogens with zero attached hydrogens (tertiary/aromatic N) is 1. The van der Waals surface area contributed by atoms with Crippen LogP contribution in [0.1, 0.15) is 27.4 Å². The van der Waals surface area contributed by atoms with Crippen molar-refractivity contribution in [2.75, 3.05) is 0 Å². The summed E-state index contributed by atoms with van der Waals surface area (Å²) in [6, 6.07) is 14.4. The fraction of sp³-hybridized carbons (Fsp3) is 0.211. The molecule has 2 aromatic carbocycles. The van der Waals surface area contributed by atoms with E-state index in [0.717, 1.165) is 34.2 Å². The van der Waals surface area contributed by atoms with E-state index in [4.69, 9.17) is 28.2 Å². The Hall–Kier alpha value is -1.00. The highest BCUT2D eigenvalue weighted by molar-refractivity contribution is 7.97. The highest BCUT2D eigenvalue weighted by atomic mass is 35.5. The maximum atomic E-state index is 6.07. The summed E-state index contributed by atoms with van der Waals surface area (Å²) in [4.78, 5) is 4.73. The van der Waals surface area contributed by atoms with E-state index in [1.54, 1.807) is 11.3 Å². The van der Waals surface area contributed by atoms with E-state index >= 15 is 0 Å². The maximum absolute atomic E-state index is 6.07. The number of aromatic nitrogens is 1. The molecule has 0 atom stereocenters. The summed E-state index contributed by atoms with van der Waals surface area (Å²) in [6.07, 6.45) is 0.796. The van der Waals surface area contributed by atoms with Gasteiger partial charge in [-0.15, -0.1) is 11.3 Å². The molecule has 0 aliphatic carbocycles. The highest BCUT2D eigenvalue weighted by Crippen LogP contribution is 2.25. The van der Waals surface area contributed by atoms with Crippen LogP contribution in [-0.2, 0) is 17.9 Å². The first kappa shape index (κ1) is 17.8. The van der Waals surface area contributed by atoms with Gasteiger partial charge >= 0.3 is 0 Å². The molecule has 1 nitrogen and oxygen atoms in total. The Morgan fingerprint density at radius 1 is 1.00 bits per heavy atom. The zero-order valence-electron chi connectivity index (χ0n) is 13.3. The van der Waals surface area contributed by atoms with Gasteiger partial charge in [0, 0.05) is 23.3 Å². The SMILES string of the molecule is Cc1cccc(CSCc2csc(Cc3ccc(Cl)c(Cl)c3)n2)c1. The largest absolute Gasteiger partial charge is 0.245 e. The Labute approximate surface area is 161 Å². The first-order chi connectivity index (χ1) is 11.6. The maximum Gasteiger partial charge on any atom is 0.0972 e. The molecule has 0 aliphatic heterocycles. The lowest BCUT2D eigenvalue weighted by atomic mass is 10.2. The number of rotatable bonds is 6. The summed E-state index contributed by atoms with van der Waals surface area (Å²) in [5.74, 6) is 1.95.